The van der Waals surface area contributed by atoms with Crippen molar-refractivity contribution in [2.24, 2.45) is 0 Å². The Kier molecular flexibility index (Phi) is 7.22. The van der Waals surface area contributed by atoms with E-state index in [0.717, 1.165) is 60.1 Å². The van der Waals surface area contributed by atoms with Gasteiger partial charge in [-0.1, -0.05) is 127 Å². The lowest BCUT2D eigenvalue weighted by Crippen LogP contribution is -2.00. The van der Waals surface area contributed by atoms with Gasteiger partial charge in [0.25, 0.3) is 0 Å². The van der Waals surface area contributed by atoms with Crippen molar-refractivity contribution in [1.29, 1.82) is 10.5 Å². The van der Waals surface area contributed by atoms with Crippen molar-refractivity contribution in [3.63, 3.8) is 0 Å². The first-order valence-electron chi connectivity index (χ1n) is 17.9. The molecule has 0 unspecified atom stereocenters. The summed E-state index contributed by atoms with van der Waals surface area (Å²) in [6.07, 6.45) is 0. The summed E-state index contributed by atoms with van der Waals surface area (Å²) in [4.78, 5) is 10.6. The van der Waals surface area contributed by atoms with Crippen LogP contribution in [0.3, 0.4) is 0 Å². The summed E-state index contributed by atoms with van der Waals surface area (Å²) in [5.41, 5.74) is 7.80. The van der Waals surface area contributed by atoms with Crippen LogP contribution >= 0.6 is 0 Å². The summed E-state index contributed by atoms with van der Waals surface area (Å²) >= 11 is 0. The van der Waals surface area contributed by atoms with Crippen molar-refractivity contribution >= 4 is 54.0 Å². The Hall–Kier alpha value is -7.66. The topological polar surface area (TPSA) is 73.4 Å². The third kappa shape index (κ3) is 4.90. The molecule has 0 aliphatic heterocycles. The molecule has 10 aromatic rings. The molecule has 0 aliphatic carbocycles. The van der Waals surface area contributed by atoms with Crippen LogP contribution in [0.1, 0.15) is 11.1 Å². The Morgan fingerprint density at radius 3 is 1.46 bits per heavy atom. The third-order valence-electron chi connectivity index (χ3n) is 10.5. The molecule has 4 heteroatoms. The fraction of sp³-hybridized carbons (Fsp3) is 0. The average molecular weight is 685 g/mol. The lowest BCUT2D eigenvalue weighted by molar-refractivity contribution is 1.22. The largest absolute Gasteiger partial charge is 0.227 e. The molecule has 0 amide bonds. The fourth-order valence-electron chi connectivity index (χ4n) is 8.05. The van der Waals surface area contributed by atoms with E-state index in [1.54, 1.807) is 6.07 Å². The van der Waals surface area contributed by atoms with Gasteiger partial charge in [0.15, 0.2) is 5.82 Å². The van der Waals surface area contributed by atoms with Crippen LogP contribution in [-0.2, 0) is 0 Å². The summed E-state index contributed by atoms with van der Waals surface area (Å²) in [5, 5.41) is 30.6. The van der Waals surface area contributed by atoms with Crippen LogP contribution in [0, 0.1) is 22.7 Å². The van der Waals surface area contributed by atoms with Gasteiger partial charge in [0, 0.05) is 22.1 Å². The van der Waals surface area contributed by atoms with Crippen LogP contribution in [0.5, 0.6) is 0 Å². The van der Waals surface area contributed by atoms with E-state index in [0.29, 0.717) is 33.8 Å². The van der Waals surface area contributed by atoms with Crippen LogP contribution < -0.4 is 0 Å². The smallest absolute Gasteiger partial charge is 0.161 e. The minimum atomic E-state index is 0.428. The van der Waals surface area contributed by atoms with Crippen molar-refractivity contribution in [2.75, 3.05) is 0 Å². The number of aromatic nitrogens is 2. The number of nitrogens with zero attached hydrogens (tertiary/aromatic N) is 4. The molecule has 0 N–H and O–H groups in total. The average Bonchev–Trinajstić information content (AvgIpc) is 3.25. The second-order valence-corrected chi connectivity index (χ2v) is 13.5. The van der Waals surface area contributed by atoms with Gasteiger partial charge in [-0.25, -0.2) is 9.97 Å². The van der Waals surface area contributed by atoms with E-state index in [1.807, 2.05) is 42.5 Å². The van der Waals surface area contributed by atoms with E-state index < -0.39 is 0 Å². The van der Waals surface area contributed by atoms with Crippen LogP contribution in [0.2, 0.25) is 0 Å². The molecule has 0 spiro atoms. The standard InChI is InChI=1S/C50H28N4/c51-29-33-15-3-7-19-38(33)48-47-28-35(44-25-31-13-1-5-17-36(31)40-21-9-11-23-42(40)44)27-46(49(47)54-50(53-48)39-20-8-4-16-34(39)30-52)45-26-32-14-2-6-18-37(32)41-22-10-12-24-43(41)45/h1-28H. The maximum atomic E-state index is 10.4. The highest BCUT2D eigenvalue weighted by Crippen LogP contribution is 2.44. The summed E-state index contributed by atoms with van der Waals surface area (Å²) in [6, 6.07) is 62.9. The minimum absolute atomic E-state index is 0.428. The lowest BCUT2D eigenvalue weighted by Gasteiger charge is -2.19. The van der Waals surface area contributed by atoms with Crippen LogP contribution in [-0.4, -0.2) is 9.97 Å². The molecule has 54 heavy (non-hydrogen) atoms. The van der Waals surface area contributed by atoms with Gasteiger partial charge in [-0.15, -0.1) is 0 Å². The molecule has 0 saturated heterocycles. The minimum Gasteiger partial charge on any atom is -0.227 e. The van der Waals surface area contributed by atoms with Gasteiger partial charge in [0.2, 0.25) is 0 Å². The number of fused-ring (bicyclic) bond motifs is 7. The van der Waals surface area contributed by atoms with Crippen LogP contribution in [0.25, 0.3) is 98.9 Å². The summed E-state index contributed by atoms with van der Waals surface area (Å²) in [6.45, 7) is 0. The first kappa shape index (κ1) is 31.1. The highest BCUT2D eigenvalue weighted by Gasteiger charge is 2.22. The molecule has 1 heterocycles. The summed E-state index contributed by atoms with van der Waals surface area (Å²) in [7, 11) is 0. The zero-order valence-corrected chi connectivity index (χ0v) is 29.0. The van der Waals surface area contributed by atoms with E-state index in [2.05, 4.69) is 133 Å². The molecule has 9 aromatic carbocycles. The van der Waals surface area contributed by atoms with Gasteiger partial charge in [0.1, 0.15) is 0 Å². The van der Waals surface area contributed by atoms with E-state index in [4.69, 9.17) is 9.97 Å². The lowest BCUT2D eigenvalue weighted by atomic mass is 9.87. The molecule has 0 aliphatic rings. The normalized spacial score (nSPS) is 11.3. The molecular weight excluding hydrogens is 657 g/mol. The molecule has 1 aromatic heterocycles. The zero-order valence-electron chi connectivity index (χ0n) is 29.0. The molecular formula is C50H28N4. The third-order valence-corrected chi connectivity index (χ3v) is 10.5. The van der Waals surface area contributed by atoms with Crippen molar-refractivity contribution in [3.05, 3.63) is 181 Å². The number of rotatable bonds is 4. The number of hydrogen-bond acceptors (Lipinski definition) is 4. The molecule has 0 radical (unpaired) electrons. The Morgan fingerprint density at radius 1 is 0.352 bits per heavy atom. The molecule has 10 rings (SSSR count). The number of hydrogen-bond donors (Lipinski definition) is 0. The van der Waals surface area contributed by atoms with Crippen molar-refractivity contribution < 1.29 is 0 Å². The van der Waals surface area contributed by atoms with Gasteiger partial charge < -0.3 is 0 Å². The Bertz CT molecular complexity index is 3260. The summed E-state index contributed by atoms with van der Waals surface area (Å²) < 4.78 is 0. The SMILES string of the molecule is N#Cc1ccccc1-c1nc(-c2ccccc2C#N)c2cc(-c3cc4ccccc4c4ccccc34)cc(-c3cc4ccccc4c4ccccc34)c2n1. The number of nitriles is 2. The fourth-order valence-corrected chi connectivity index (χ4v) is 8.05. The Labute approximate surface area is 311 Å². The summed E-state index contributed by atoms with van der Waals surface area (Å²) in [5.74, 6) is 0.428. The Morgan fingerprint density at radius 2 is 0.833 bits per heavy atom. The van der Waals surface area contributed by atoms with E-state index in [1.165, 1.54) is 16.2 Å². The predicted octanol–water partition coefficient (Wildman–Crippen LogP) is 12.7. The second kappa shape index (κ2) is 12.5. The van der Waals surface area contributed by atoms with Gasteiger partial charge in [-0.3, -0.25) is 0 Å². The molecule has 248 valence electrons. The molecule has 4 nitrogen and oxygen atoms in total. The van der Waals surface area contributed by atoms with E-state index in [-0.39, 0.29) is 0 Å². The van der Waals surface area contributed by atoms with Crippen molar-refractivity contribution in [1.82, 2.24) is 9.97 Å². The predicted molar refractivity (Wildman–Crippen MR) is 221 cm³/mol. The van der Waals surface area contributed by atoms with Gasteiger partial charge in [0.05, 0.1) is 34.5 Å². The zero-order chi connectivity index (χ0) is 36.2. The molecule has 0 atom stereocenters. The van der Waals surface area contributed by atoms with E-state index in [9.17, 15) is 10.5 Å². The van der Waals surface area contributed by atoms with E-state index >= 15 is 0 Å². The maximum absolute atomic E-state index is 10.4. The maximum Gasteiger partial charge on any atom is 0.161 e. The highest BCUT2D eigenvalue weighted by atomic mass is 14.9. The molecule has 0 fully saturated rings. The quantitative estimate of drug-likeness (QED) is 0.173. The van der Waals surface area contributed by atoms with Gasteiger partial charge >= 0.3 is 0 Å². The first-order valence-corrected chi connectivity index (χ1v) is 17.9. The highest BCUT2D eigenvalue weighted by molar-refractivity contribution is 6.19. The first-order chi connectivity index (χ1) is 26.7. The molecule has 0 saturated carbocycles. The molecule has 0 bridgehead atoms. The monoisotopic (exact) mass is 684 g/mol. The van der Waals surface area contributed by atoms with Gasteiger partial charge in [-0.2, -0.15) is 10.5 Å². The van der Waals surface area contributed by atoms with Crippen molar-refractivity contribution in [2.45, 2.75) is 0 Å². The van der Waals surface area contributed by atoms with Gasteiger partial charge in [-0.05, 0) is 102 Å². The second-order valence-electron chi connectivity index (χ2n) is 13.5. The van der Waals surface area contributed by atoms with Crippen LogP contribution in [0.15, 0.2) is 170 Å². The number of benzene rings is 9. The van der Waals surface area contributed by atoms with Crippen LogP contribution in [0.4, 0.5) is 0 Å². The van der Waals surface area contributed by atoms with Crippen molar-refractivity contribution in [3.8, 4) is 57.0 Å². The Balaban J connectivity index is 1.42.